The summed E-state index contributed by atoms with van der Waals surface area (Å²) in [6.45, 7) is 6.31. The Morgan fingerprint density at radius 1 is 1.22 bits per heavy atom. The maximum Gasteiger partial charge on any atom is 0.0172 e. The molecular formula is C15H30N2S. The summed E-state index contributed by atoms with van der Waals surface area (Å²) in [5, 5.41) is 4.46. The van der Waals surface area contributed by atoms with E-state index in [1.165, 1.54) is 63.9 Å². The highest BCUT2D eigenvalue weighted by Crippen LogP contribution is 2.27. The molecule has 2 rings (SSSR count). The van der Waals surface area contributed by atoms with Crippen molar-refractivity contribution < 1.29 is 0 Å². The van der Waals surface area contributed by atoms with E-state index in [-0.39, 0.29) is 0 Å². The predicted molar refractivity (Wildman–Crippen MR) is 82.4 cm³/mol. The van der Waals surface area contributed by atoms with Crippen molar-refractivity contribution in [1.29, 1.82) is 0 Å². The lowest BCUT2D eigenvalue weighted by Gasteiger charge is -2.36. The molecule has 3 unspecified atom stereocenters. The van der Waals surface area contributed by atoms with Crippen LogP contribution in [-0.2, 0) is 0 Å². The average Bonchev–Trinajstić information content (AvgIpc) is 2.64. The number of hydrogen-bond acceptors (Lipinski definition) is 3. The quantitative estimate of drug-likeness (QED) is 0.791. The first-order chi connectivity index (χ1) is 8.83. The first-order valence-corrected chi connectivity index (χ1v) is 8.89. The molecule has 0 aromatic carbocycles. The second-order valence-electron chi connectivity index (χ2n) is 5.95. The Labute approximate surface area is 117 Å². The first kappa shape index (κ1) is 14.7. The van der Waals surface area contributed by atoms with Gasteiger partial charge in [0.05, 0.1) is 0 Å². The lowest BCUT2D eigenvalue weighted by atomic mass is 9.94. The molecule has 0 bridgehead atoms. The summed E-state index contributed by atoms with van der Waals surface area (Å²) in [5.74, 6) is 2.23. The Bertz CT molecular complexity index is 235. The van der Waals surface area contributed by atoms with Crippen molar-refractivity contribution in [3.63, 3.8) is 0 Å². The molecule has 1 aliphatic carbocycles. The minimum Gasteiger partial charge on any atom is -0.317 e. The fourth-order valence-corrected chi connectivity index (χ4v) is 4.76. The van der Waals surface area contributed by atoms with E-state index in [1.807, 2.05) is 0 Å². The van der Waals surface area contributed by atoms with E-state index < -0.39 is 0 Å². The lowest BCUT2D eigenvalue weighted by Crippen LogP contribution is -2.45. The molecule has 2 fully saturated rings. The fraction of sp³-hybridized carbons (Fsp3) is 1.00. The molecule has 1 saturated heterocycles. The lowest BCUT2D eigenvalue weighted by molar-refractivity contribution is 0.201. The van der Waals surface area contributed by atoms with Crippen LogP contribution in [0.1, 0.15) is 45.4 Å². The van der Waals surface area contributed by atoms with Gasteiger partial charge in [-0.2, -0.15) is 11.8 Å². The highest BCUT2D eigenvalue weighted by Gasteiger charge is 2.26. The van der Waals surface area contributed by atoms with Crippen LogP contribution < -0.4 is 5.32 Å². The van der Waals surface area contributed by atoms with Crippen LogP contribution in [0.4, 0.5) is 0 Å². The Morgan fingerprint density at radius 3 is 2.83 bits per heavy atom. The van der Waals surface area contributed by atoms with Crippen LogP contribution in [0.15, 0.2) is 0 Å². The second kappa shape index (κ2) is 7.76. The topological polar surface area (TPSA) is 15.3 Å². The molecule has 106 valence electrons. The van der Waals surface area contributed by atoms with E-state index >= 15 is 0 Å². The molecular weight excluding hydrogens is 240 g/mol. The SMILES string of the molecule is CCC1CN(CC2CCCCCC2NC)CCS1. The van der Waals surface area contributed by atoms with Gasteiger partial charge in [0, 0.05) is 36.7 Å². The van der Waals surface area contributed by atoms with Crippen LogP contribution in [-0.4, -0.2) is 48.6 Å². The molecule has 1 heterocycles. The van der Waals surface area contributed by atoms with Crippen molar-refractivity contribution in [2.75, 3.05) is 32.4 Å². The Hall–Kier alpha value is 0.270. The van der Waals surface area contributed by atoms with Crippen molar-refractivity contribution in [3.05, 3.63) is 0 Å². The minimum absolute atomic E-state index is 0.766. The summed E-state index contributed by atoms with van der Waals surface area (Å²) in [6, 6.07) is 0.766. The average molecular weight is 270 g/mol. The molecule has 1 N–H and O–H groups in total. The van der Waals surface area contributed by atoms with Crippen molar-refractivity contribution in [2.24, 2.45) is 5.92 Å². The largest absolute Gasteiger partial charge is 0.317 e. The molecule has 0 amide bonds. The van der Waals surface area contributed by atoms with Gasteiger partial charge in [-0.1, -0.05) is 26.2 Å². The van der Waals surface area contributed by atoms with Gasteiger partial charge in [-0.3, -0.25) is 0 Å². The molecule has 1 saturated carbocycles. The molecule has 0 spiro atoms. The number of nitrogens with zero attached hydrogens (tertiary/aromatic N) is 1. The van der Waals surface area contributed by atoms with Gasteiger partial charge in [-0.05, 0) is 32.2 Å². The maximum absolute atomic E-state index is 3.58. The first-order valence-electron chi connectivity index (χ1n) is 7.84. The summed E-state index contributed by atoms with van der Waals surface area (Å²) >= 11 is 2.18. The minimum atomic E-state index is 0.766. The van der Waals surface area contributed by atoms with Crippen molar-refractivity contribution in [1.82, 2.24) is 10.2 Å². The summed E-state index contributed by atoms with van der Waals surface area (Å²) in [7, 11) is 2.16. The number of hydrogen-bond donors (Lipinski definition) is 1. The molecule has 3 heteroatoms. The molecule has 2 aliphatic rings. The van der Waals surface area contributed by atoms with Gasteiger partial charge in [-0.15, -0.1) is 0 Å². The zero-order valence-corrected chi connectivity index (χ0v) is 13.0. The van der Waals surface area contributed by atoms with Crippen LogP contribution in [0, 0.1) is 5.92 Å². The molecule has 3 atom stereocenters. The maximum atomic E-state index is 3.58. The Balaban J connectivity index is 1.85. The predicted octanol–water partition coefficient (Wildman–Crippen LogP) is 2.98. The third-order valence-electron chi connectivity index (χ3n) is 4.70. The van der Waals surface area contributed by atoms with Crippen molar-refractivity contribution in [2.45, 2.75) is 56.7 Å². The van der Waals surface area contributed by atoms with Gasteiger partial charge >= 0.3 is 0 Å². The zero-order chi connectivity index (χ0) is 12.8. The smallest absolute Gasteiger partial charge is 0.0172 e. The summed E-state index contributed by atoms with van der Waals surface area (Å²) in [6.07, 6.45) is 8.48. The summed E-state index contributed by atoms with van der Waals surface area (Å²) < 4.78 is 0. The van der Waals surface area contributed by atoms with Crippen molar-refractivity contribution in [3.8, 4) is 0 Å². The third kappa shape index (κ3) is 4.14. The van der Waals surface area contributed by atoms with Crippen LogP contribution in [0.5, 0.6) is 0 Å². The highest BCUT2D eigenvalue weighted by atomic mass is 32.2. The number of nitrogens with one attached hydrogen (secondary N) is 1. The van der Waals surface area contributed by atoms with Gasteiger partial charge in [0.2, 0.25) is 0 Å². The number of thioether (sulfide) groups is 1. The van der Waals surface area contributed by atoms with E-state index in [0.29, 0.717) is 0 Å². The van der Waals surface area contributed by atoms with Crippen LogP contribution in [0.2, 0.25) is 0 Å². The van der Waals surface area contributed by atoms with Crippen LogP contribution >= 0.6 is 11.8 Å². The van der Waals surface area contributed by atoms with Gasteiger partial charge in [0.1, 0.15) is 0 Å². The van der Waals surface area contributed by atoms with E-state index in [9.17, 15) is 0 Å². The van der Waals surface area contributed by atoms with Gasteiger partial charge in [0.15, 0.2) is 0 Å². The fourth-order valence-electron chi connectivity index (χ4n) is 3.51. The van der Waals surface area contributed by atoms with Gasteiger partial charge in [0.25, 0.3) is 0 Å². The van der Waals surface area contributed by atoms with Gasteiger partial charge < -0.3 is 10.2 Å². The summed E-state index contributed by atoms with van der Waals surface area (Å²) in [5.41, 5.74) is 0. The molecule has 0 aromatic rings. The summed E-state index contributed by atoms with van der Waals surface area (Å²) in [4.78, 5) is 2.74. The van der Waals surface area contributed by atoms with Crippen molar-refractivity contribution >= 4 is 11.8 Å². The Morgan fingerprint density at radius 2 is 2.06 bits per heavy atom. The Kier molecular flexibility index (Phi) is 6.33. The van der Waals surface area contributed by atoms with Crippen LogP contribution in [0.3, 0.4) is 0 Å². The molecule has 2 nitrogen and oxygen atoms in total. The van der Waals surface area contributed by atoms with E-state index in [1.54, 1.807) is 0 Å². The third-order valence-corrected chi connectivity index (χ3v) is 6.07. The van der Waals surface area contributed by atoms with E-state index in [4.69, 9.17) is 0 Å². The monoisotopic (exact) mass is 270 g/mol. The van der Waals surface area contributed by atoms with E-state index in [2.05, 4.69) is 35.9 Å². The molecule has 0 aromatic heterocycles. The second-order valence-corrected chi connectivity index (χ2v) is 7.36. The van der Waals surface area contributed by atoms with Gasteiger partial charge in [-0.25, -0.2) is 0 Å². The molecule has 18 heavy (non-hydrogen) atoms. The van der Waals surface area contributed by atoms with E-state index in [0.717, 1.165) is 17.2 Å². The standard InChI is InChI=1S/C15H30N2S/c1-3-14-12-17(9-10-18-14)11-13-7-5-4-6-8-15(13)16-2/h13-16H,3-12H2,1-2H3. The zero-order valence-electron chi connectivity index (χ0n) is 12.2. The van der Waals surface area contributed by atoms with Crippen LogP contribution in [0.25, 0.3) is 0 Å². The highest BCUT2D eigenvalue weighted by molar-refractivity contribution is 8.00. The molecule has 0 radical (unpaired) electrons. The number of rotatable bonds is 4. The normalized spacial score (nSPS) is 35.3. The molecule has 1 aliphatic heterocycles.